The van der Waals surface area contributed by atoms with E-state index < -0.39 is 26.0 Å². The first-order valence-electron chi connectivity index (χ1n) is 12.7. The summed E-state index contributed by atoms with van der Waals surface area (Å²) in [5, 5.41) is 6.17. The molecular formula is C25H31F3N6O6S3. The normalized spacial score (nSPS) is 12.2. The molecule has 1 amide bonds. The van der Waals surface area contributed by atoms with Crippen LogP contribution in [-0.2, 0) is 26.7 Å². The van der Waals surface area contributed by atoms with Crippen LogP contribution in [0.25, 0.3) is 21.3 Å². The minimum atomic E-state index is -4.78. The van der Waals surface area contributed by atoms with Crippen molar-refractivity contribution in [3.05, 3.63) is 42.0 Å². The molecule has 0 spiro atoms. The van der Waals surface area contributed by atoms with Crippen molar-refractivity contribution in [1.29, 1.82) is 0 Å². The highest BCUT2D eigenvalue weighted by molar-refractivity contribution is 7.90. The minimum absolute atomic E-state index is 0.00990. The standard InChI is InChI=1S/C21H20F3N5O4S2.C4H11NO2S/c1-29-16-7-4-12(18(30)25-8-3-9-35(2,31)32)10-15(16)26-19(29)28-20-27-14-6-5-13(11-17(14)34-20)33-21(22,23)24;1-8(6,7)4-2-3-5/h4-7,10-11H,3,8-9H2,1-2H3,(H,25,30)(H,26,27,28);2-5H2,1H3. The first-order valence-corrected chi connectivity index (χ1v) is 17.6. The summed E-state index contributed by atoms with van der Waals surface area (Å²) in [6.07, 6.45) is -1.54. The molecule has 0 bridgehead atoms. The molecule has 0 aliphatic rings. The number of benzene rings is 2. The zero-order chi connectivity index (χ0) is 32.0. The van der Waals surface area contributed by atoms with E-state index in [4.69, 9.17) is 5.73 Å². The number of aryl methyl sites for hydroxylation is 1. The van der Waals surface area contributed by atoms with Gasteiger partial charge >= 0.3 is 6.36 Å². The van der Waals surface area contributed by atoms with Crippen LogP contribution >= 0.6 is 11.3 Å². The van der Waals surface area contributed by atoms with E-state index in [0.717, 1.165) is 23.1 Å². The molecule has 0 atom stereocenters. The number of fused-ring (bicyclic) bond motifs is 2. The van der Waals surface area contributed by atoms with E-state index in [9.17, 15) is 34.8 Å². The Morgan fingerprint density at radius 2 is 1.67 bits per heavy atom. The Balaban J connectivity index is 0.000000557. The molecule has 236 valence electrons. The summed E-state index contributed by atoms with van der Waals surface area (Å²) in [5.41, 5.74) is 7.23. The number of nitrogens with two attached hydrogens (primary N) is 1. The first-order chi connectivity index (χ1) is 19.9. The highest BCUT2D eigenvalue weighted by Gasteiger charge is 2.31. The monoisotopic (exact) mass is 664 g/mol. The number of nitrogens with zero attached hydrogens (tertiary/aromatic N) is 3. The molecule has 0 aliphatic heterocycles. The van der Waals surface area contributed by atoms with Crippen molar-refractivity contribution in [2.24, 2.45) is 12.8 Å². The summed E-state index contributed by atoms with van der Waals surface area (Å²) in [4.78, 5) is 21.3. The second kappa shape index (κ2) is 13.9. The fourth-order valence-corrected chi connectivity index (χ4v) is 5.94. The smallest absolute Gasteiger partial charge is 0.406 e. The number of alkyl halides is 3. The molecule has 0 saturated heterocycles. The molecule has 0 fully saturated rings. The van der Waals surface area contributed by atoms with E-state index in [1.165, 1.54) is 24.5 Å². The highest BCUT2D eigenvalue weighted by Crippen LogP contribution is 2.33. The van der Waals surface area contributed by atoms with Gasteiger partial charge < -0.3 is 25.7 Å². The van der Waals surface area contributed by atoms with Crippen LogP contribution in [0.4, 0.5) is 24.3 Å². The van der Waals surface area contributed by atoms with Crippen LogP contribution in [0.2, 0.25) is 0 Å². The van der Waals surface area contributed by atoms with Crippen molar-refractivity contribution in [1.82, 2.24) is 19.9 Å². The lowest BCUT2D eigenvalue weighted by Gasteiger charge is -2.07. The number of rotatable bonds is 11. The maximum Gasteiger partial charge on any atom is 0.573 e. The highest BCUT2D eigenvalue weighted by atomic mass is 32.2. The van der Waals surface area contributed by atoms with Gasteiger partial charge in [-0.3, -0.25) is 4.79 Å². The van der Waals surface area contributed by atoms with Gasteiger partial charge in [-0.05, 0) is 49.7 Å². The number of ether oxygens (including phenoxy) is 1. The molecule has 12 nitrogen and oxygen atoms in total. The van der Waals surface area contributed by atoms with Crippen LogP contribution < -0.4 is 21.1 Å². The van der Waals surface area contributed by atoms with Gasteiger partial charge in [-0.2, -0.15) is 0 Å². The van der Waals surface area contributed by atoms with Crippen LogP contribution in [-0.4, -0.2) is 80.7 Å². The van der Waals surface area contributed by atoms with Gasteiger partial charge in [0.1, 0.15) is 25.4 Å². The van der Waals surface area contributed by atoms with Crippen molar-refractivity contribution in [2.75, 3.05) is 42.4 Å². The lowest BCUT2D eigenvalue weighted by Crippen LogP contribution is -2.25. The molecule has 4 N–H and O–H groups in total. The number of hydrogen-bond donors (Lipinski definition) is 3. The second-order valence-electron chi connectivity index (χ2n) is 9.53. The molecule has 43 heavy (non-hydrogen) atoms. The van der Waals surface area contributed by atoms with Gasteiger partial charge in [0.25, 0.3) is 5.91 Å². The number of carbonyl (C=O) groups is 1. The SMILES string of the molecule is CS(=O)(=O)CCCN.Cn1c(Nc2nc3ccc(OC(F)(F)F)cc3s2)nc2cc(C(=O)NCCCS(C)(=O)=O)ccc21. The summed E-state index contributed by atoms with van der Waals surface area (Å²) in [7, 11) is -4.09. The topological polar surface area (TPSA) is 175 Å². The number of anilines is 2. The molecule has 0 saturated carbocycles. The lowest BCUT2D eigenvalue weighted by molar-refractivity contribution is -0.274. The predicted molar refractivity (Wildman–Crippen MR) is 160 cm³/mol. The van der Waals surface area contributed by atoms with Crippen LogP contribution in [0.3, 0.4) is 0 Å². The van der Waals surface area contributed by atoms with E-state index in [2.05, 4.69) is 25.3 Å². The number of thiazole rings is 1. The van der Waals surface area contributed by atoms with Crippen LogP contribution in [0.15, 0.2) is 36.4 Å². The van der Waals surface area contributed by atoms with Crippen LogP contribution in [0, 0.1) is 0 Å². The molecule has 0 radical (unpaired) electrons. The number of carbonyl (C=O) groups excluding carboxylic acids is 1. The van der Waals surface area contributed by atoms with E-state index in [-0.39, 0.29) is 29.7 Å². The van der Waals surface area contributed by atoms with Gasteiger partial charge in [0.2, 0.25) is 5.95 Å². The Kier molecular flexibility index (Phi) is 11.0. The van der Waals surface area contributed by atoms with Gasteiger partial charge in [0.15, 0.2) is 5.13 Å². The molecule has 2 aromatic carbocycles. The van der Waals surface area contributed by atoms with Crippen molar-refractivity contribution in [2.45, 2.75) is 19.2 Å². The number of aromatic nitrogens is 3. The Morgan fingerprint density at radius 1 is 1.00 bits per heavy atom. The van der Waals surface area contributed by atoms with E-state index >= 15 is 0 Å². The van der Waals surface area contributed by atoms with Gasteiger partial charge in [-0.15, -0.1) is 13.2 Å². The number of amides is 1. The van der Waals surface area contributed by atoms with Crippen molar-refractivity contribution in [3.63, 3.8) is 0 Å². The Labute approximate surface area is 250 Å². The van der Waals surface area contributed by atoms with Crippen LogP contribution in [0.1, 0.15) is 23.2 Å². The third-order valence-corrected chi connectivity index (χ3v) is 8.65. The number of halogens is 3. The molecule has 18 heteroatoms. The van der Waals surface area contributed by atoms with Gasteiger partial charge in [0.05, 0.1) is 32.8 Å². The maximum atomic E-state index is 12.5. The fraction of sp³-hybridized carbons (Fsp3) is 0.400. The Morgan fingerprint density at radius 3 is 2.28 bits per heavy atom. The van der Waals surface area contributed by atoms with Crippen molar-refractivity contribution < 1.29 is 39.5 Å². The van der Waals surface area contributed by atoms with Gasteiger partial charge in [-0.25, -0.2) is 26.8 Å². The molecule has 0 aliphatic carbocycles. The summed E-state index contributed by atoms with van der Waals surface area (Å²) in [6, 6.07) is 8.89. The van der Waals surface area contributed by atoms with Gasteiger partial charge in [-0.1, -0.05) is 11.3 Å². The summed E-state index contributed by atoms with van der Waals surface area (Å²) in [5.74, 6) is -0.0433. The molecule has 2 aromatic heterocycles. The Bertz CT molecular complexity index is 1800. The minimum Gasteiger partial charge on any atom is -0.406 e. The largest absolute Gasteiger partial charge is 0.573 e. The van der Waals surface area contributed by atoms with E-state index in [0.29, 0.717) is 51.8 Å². The average molecular weight is 665 g/mol. The quantitative estimate of drug-likeness (QED) is 0.202. The fourth-order valence-electron chi connectivity index (χ4n) is 3.69. The average Bonchev–Trinajstić information content (AvgIpc) is 3.42. The number of imidazole rings is 1. The second-order valence-corrected chi connectivity index (χ2v) is 15.1. The maximum absolute atomic E-state index is 12.5. The van der Waals surface area contributed by atoms with Crippen LogP contribution in [0.5, 0.6) is 5.75 Å². The van der Waals surface area contributed by atoms with Gasteiger partial charge in [0, 0.05) is 37.7 Å². The number of hydrogen-bond acceptors (Lipinski definition) is 11. The number of sulfone groups is 2. The van der Waals surface area contributed by atoms with E-state index in [1.807, 2.05) is 0 Å². The summed E-state index contributed by atoms with van der Waals surface area (Å²) >= 11 is 1.14. The predicted octanol–water partition coefficient (Wildman–Crippen LogP) is 3.37. The van der Waals surface area contributed by atoms with E-state index in [1.54, 1.807) is 29.8 Å². The lowest BCUT2D eigenvalue weighted by atomic mass is 10.2. The third kappa shape index (κ3) is 10.9. The van der Waals surface area contributed by atoms with Crippen molar-refractivity contribution in [3.8, 4) is 5.75 Å². The third-order valence-electron chi connectivity index (χ3n) is 5.65. The molecule has 2 heterocycles. The first kappa shape index (κ1) is 34.0. The number of nitrogens with one attached hydrogen (secondary N) is 2. The summed E-state index contributed by atoms with van der Waals surface area (Å²) in [6.45, 7) is 0.680. The zero-order valence-electron chi connectivity index (χ0n) is 23.4. The molecule has 4 rings (SSSR count). The van der Waals surface area contributed by atoms with Crippen molar-refractivity contribution >= 4 is 69.2 Å². The molecule has 0 unspecified atom stereocenters. The molecular weight excluding hydrogens is 634 g/mol. The molecule has 4 aromatic rings. The zero-order valence-corrected chi connectivity index (χ0v) is 25.9. The summed E-state index contributed by atoms with van der Waals surface area (Å²) < 4.78 is 86.7. The Hall–Kier alpha value is -3.48.